The van der Waals surface area contributed by atoms with Gasteiger partial charge in [-0.3, -0.25) is 4.79 Å². The van der Waals surface area contributed by atoms with Crippen LogP contribution >= 0.6 is 11.3 Å². The minimum Gasteiger partial charge on any atom is -0.338 e. The van der Waals surface area contributed by atoms with E-state index >= 15 is 0 Å². The molecule has 21 heavy (non-hydrogen) atoms. The van der Waals surface area contributed by atoms with Gasteiger partial charge < -0.3 is 9.80 Å². The van der Waals surface area contributed by atoms with Crippen LogP contribution in [0, 0.1) is 12.8 Å². The molecule has 1 atom stereocenters. The fourth-order valence-electron chi connectivity index (χ4n) is 3.65. The summed E-state index contributed by atoms with van der Waals surface area (Å²) in [6.07, 6.45) is 6.71. The molecule has 3 heterocycles. The van der Waals surface area contributed by atoms with Gasteiger partial charge in [-0.05, 0) is 58.5 Å². The Hall–Kier alpha value is -0.940. The maximum atomic E-state index is 12.4. The zero-order chi connectivity index (χ0) is 14.8. The van der Waals surface area contributed by atoms with Crippen LogP contribution in [0.5, 0.6) is 0 Å². The number of hydrogen-bond donors (Lipinski definition) is 0. The van der Waals surface area contributed by atoms with E-state index in [4.69, 9.17) is 0 Å². The van der Waals surface area contributed by atoms with Gasteiger partial charge in [0.05, 0.1) is 11.2 Å². The highest BCUT2D eigenvalue weighted by Gasteiger charge is 2.30. The first-order chi connectivity index (χ1) is 10.1. The molecule has 1 aromatic rings. The third-order valence-electron chi connectivity index (χ3n) is 5.06. The quantitative estimate of drug-likeness (QED) is 0.861. The lowest BCUT2D eigenvalue weighted by Gasteiger charge is -2.38. The van der Waals surface area contributed by atoms with E-state index < -0.39 is 0 Å². The molecular weight excluding hydrogens is 282 g/mol. The van der Waals surface area contributed by atoms with Crippen LogP contribution in [0.15, 0.2) is 6.20 Å². The standard InChI is InChI=1S/C16H25N3OS/c1-12(18-7-3-4-8-18)14-5-9-19(10-6-14)16(20)15-11-17-13(2)21-15/h11-12,14H,3-10H2,1-2H3. The van der Waals surface area contributed by atoms with Gasteiger partial charge in [0, 0.05) is 19.1 Å². The van der Waals surface area contributed by atoms with Crippen LogP contribution in [0.25, 0.3) is 0 Å². The number of hydrogen-bond acceptors (Lipinski definition) is 4. The summed E-state index contributed by atoms with van der Waals surface area (Å²) in [5.74, 6) is 0.920. The first kappa shape index (κ1) is 15.0. The molecule has 5 heteroatoms. The number of likely N-dealkylation sites (tertiary alicyclic amines) is 2. The second kappa shape index (κ2) is 6.44. The Morgan fingerprint density at radius 1 is 1.29 bits per heavy atom. The summed E-state index contributed by atoms with van der Waals surface area (Å²) in [6.45, 7) is 8.66. The molecule has 2 fully saturated rings. The van der Waals surface area contributed by atoms with Gasteiger partial charge >= 0.3 is 0 Å². The predicted molar refractivity (Wildman–Crippen MR) is 85.7 cm³/mol. The summed E-state index contributed by atoms with van der Waals surface area (Å²) in [5, 5.41) is 0.968. The van der Waals surface area contributed by atoms with E-state index in [1.165, 1.54) is 37.3 Å². The first-order valence-electron chi connectivity index (χ1n) is 8.11. The summed E-state index contributed by atoms with van der Waals surface area (Å²) in [7, 11) is 0. The first-order valence-corrected chi connectivity index (χ1v) is 8.92. The second-order valence-corrected chi connectivity index (χ2v) is 7.59. The van der Waals surface area contributed by atoms with E-state index in [0.717, 1.165) is 41.7 Å². The molecule has 0 radical (unpaired) electrons. The molecule has 0 spiro atoms. The van der Waals surface area contributed by atoms with E-state index in [1.807, 2.05) is 11.8 Å². The number of aryl methyl sites for hydroxylation is 1. The molecule has 0 bridgehead atoms. The lowest BCUT2D eigenvalue weighted by Crippen LogP contribution is -2.44. The van der Waals surface area contributed by atoms with Crippen molar-refractivity contribution in [1.82, 2.24) is 14.8 Å². The maximum Gasteiger partial charge on any atom is 0.265 e. The van der Waals surface area contributed by atoms with Gasteiger partial charge in [-0.1, -0.05) is 0 Å². The van der Waals surface area contributed by atoms with Gasteiger partial charge in [0.15, 0.2) is 0 Å². The zero-order valence-electron chi connectivity index (χ0n) is 13.0. The van der Waals surface area contributed by atoms with E-state index in [2.05, 4.69) is 16.8 Å². The summed E-state index contributed by atoms with van der Waals surface area (Å²) in [5.41, 5.74) is 0. The van der Waals surface area contributed by atoms with Gasteiger partial charge in [0.25, 0.3) is 5.91 Å². The molecule has 0 aliphatic carbocycles. The monoisotopic (exact) mass is 307 g/mol. The number of amides is 1. The van der Waals surface area contributed by atoms with Crippen molar-refractivity contribution in [3.8, 4) is 0 Å². The SMILES string of the molecule is Cc1ncc(C(=O)N2CCC(C(C)N3CCCC3)CC2)s1. The van der Waals surface area contributed by atoms with Crippen LogP contribution in [-0.2, 0) is 0 Å². The number of aromatic nitrogens is 1. The van der Waals surface area contributed by atoms with Crippen molar-refractivity contribution in [2.24, 2.45) is 5.92 Å². The molecule has 0 aromatic carbocycles. The number of carbonyl (C=O) groups is 1. The molecule has 2 aliphatic heterocycles. The average Bonchev–Trinajstić information content (AvgIpc) is 3.17. The maximum absolute atomic E-state index is 12.4. The van der Waals surface area contributed by atoms with E-state index in [9.17, 15) is 4.79 Å². The second-order valence-electron chi connectivity index (χ2n) is 6.36. The third-order valence-corrected chi connectivity index (χ3v) is 5.96. The van der Waals surface area contributed by atoms with Crippen molar-refractivity contribution in [3.63, 3.8) is 0 Å². The topological polar surface area (TPSA) is 36.4 Å². The Morgan fingerprint density at radius 2 is 1.95 bits per heavy atom. The fraction of sp³-hybridized carbons (Fsp3) is 0.750. The molecule has 2 aliphatic rings. The Labute approximate surface area is 131 Å². The van der Waals surface area contributed by atoms with E-state index in [0.29, 0.717) is 6.04 Å². The van der Waals surface area contributed by atoms with Crippen LogP contribution in [0.1, 0.15) is 47.3 Å². The van der Waals surface area contributed by atoms with Crippen molar-refractivity contribution in [1.29, 1.82) is 0 Å². The fourth-order valence-corrected chi connectivity index (χ4v) is 4.39. The van der Waals surface area contributed by atoms with Gasteiger partial charge in [-0.2, -0.15) is 0 Å². The molecule has 1 aromatic heterocycles. The Balaban J connectivity index is 1.53. The number of rotatable bonds is 3. The van der Waals surface area contributed by atoms with E-state index in [1.54, 1.807) is 6.20 Å². The molecule has 1 amide bonds. The third kappa shape index (κ3) is 3.29. The molecule has 116 valence electrons. The van der Waals surface area contributed by atoms with Crippen molar-refractivity contribution < 1.29 is 4.79 Å². The molecule has 1 unspecified atom stereocenters. The van der Waals surface area contributed by atoms with Crippen molar-refractivity contribution in [3.05, 3.63) is 16.1 Å². The lowest BCUT2D eigenvalue weighted by atomic mass is 9.89. The number of nitrogens with zero attached hydrogens (tertiary/aromatic N) is 3. The van der Waals surface area contributed by atoms with Crippen LogP contribution in [0.3, 0.4) is 0 Å². The highest BCUT2D eigenvalue weighted by molar-refractivity contribution is 7.13. The van der Waals surface area contributed by atoms with Crippen LogP contribution in [0.2, 0.25) is 0 Å². The van der Waals surface area contributed by atoms with Crippen molar-refractivity contribution >= 4 is 17.2 Å². The summed E-state index contributed by atoms with van der Waals surface area (Å²) < 4.78 is 0. The molecule has 3 rings (SSSR count). The van der Waals surface area contributed by atoms with Gasteiger partial charge in [0.2, 0.25) is 0 Å². The predicted octanol–water partition coefficient (Wildman–Crippen LogP) is 2.79. The summed E-state index contributed by atoms with van der Waals surface area (Å²) >= 11 is 1.51. The van der Waals surface area contributed by atoms with Gasteiger partial charge in [-0.15, -0.1) is 11.3 Å². The van der Waals surface area contributed by atoms with Crippen LogP contribution < -0.4 is 0 Å². The smallest absolute Gasteiger partial charge is 0.265 e. The normalized spacial score (nSPS) is 22.7. The highest BCUT2D eigenvalue weighted by Crippen LogP contribution is 2.27. The number of carbonyl (C=O) groups excluding carboxylic acids is 1. The van der Waals surface area contributed by atoms with Crippen LogP contribution in [0.4, 0.5) is 0 Å². The summed E-state index contributed by atoms with van der Waals surface area (Å²) in [4.78, 5) is 22.1. The van der Waals surface area contributed by atoms with E-state index in [-0.39, 0.29) is 5.91 Å². The molecular formula is C16H25N3OS. The Bertz CT molecular complexity index is 487. The largest absolute Gasteiger partial charge is 0.338 e. The van der Waals surface area contributed by atoms with Crippen molar-refractivity contribution in [2.45, 2.75) is 45.6 Å². The Kier molecular flexibility index (Phi) is 4.60. The molecule has 2 saturated heterocycles. The van der Waals surface area contributed by atoms with Crippen molar-refractivity contribution in [2.75, 3.05) is 26.2 Å². The molecule has 4 nitrogen and oxygen atoms in total. The Morgan fingerprint density at radius 3 is 2.52 bits per heavy atom. The number of piperidine rings is 1. The average molecular weight is 307 g/mol. The highest BCUT2D eigenvalue weighted by atomic mass is 32.1. The van der Waals surface area contributed by atoms with Gasteiger partial charge in [0.1, 0.15) is 4.88 Å². The van der Waals surface area contributed by atoms with Gasteiger partial charge in [-0.25, -0.2) is 4.98 Å². The lowest BCUT2D eigenvalue weighted by molar-refractivity contribution is 0.0628. The zero-order valence-corrected chi connectivity index (χ0v) is 13.9. The minimum atomic E-state index is 0.174. The van der Waals surface area contributed by atoms with Crippen LogP contribution in [-0.4, -0.2) is 52.9 Å². The summed E-state index contributed by atoms with van der Waals surface area (Å²) in [6, 6.07) is 0.676. The number of thiazole rings is 1. The minimum absolute atomic E-state index is 0.174. The molecule has 0 saturated carbocycles. The molecule has 0 N–H and O–H groups in total.